The largest absolute Gasteiger partial charge is 0.496 e. The minimum Gasteiger partial charge on any atom is -0.496 e. The van der Waals surface area contributed by atoms with Crippen molar-refractivity contribution in [2.45, 2.75) is 13.0 Å². The van der Waals surface area contributed by atoms with Crippen molar-refractivity contribution in [3.63, 3.8) is 0 Å². The summed E-state index contributed by atoms with van der Waals surface area (Å²) in [7, 11) is 7.34. The van der Waals surface area contributed by atoms with Gasteiger partial charge in [0.2, 0.25) is 11.8 Å². The lowest BCUT2D eigenvalue weighted by molar-refractivity contribution is 0.170. The zero-order valence-corrected chi connectivity index (χ0v) is 17.6. The van der Waals surface area contributed by atoms with Crippen molar-refractivity contribution in [3.05, 3.63) is 36.4 Å². The Labute approximate surface area is 175 Å². The molecule has 10 heteroatoms. The molecule has 3 rings (SSSR count). The van der Waals surface area contributed by atoms with Crippen LogP contribution >= 0.6 is 0 Å². The van der Waals surface area contributed by atoms with Gasteiger partial charge in [-0.3, -0.25) is 4.68 Å². The molecule has 10 nitrogen and oxygen atoms in total. The van der Waals surface area contributed by atoms with E-state index >= 15 is 0 Å². The van der Waals surface area contributed by atoms with E-state index < -0.39 is 0 Å². The first-order valence-electron chi connectivity index (χ1n) is 9.28. The average Bonchev–Trinajstić information content (AvgIpc) is 3.13. The van der Waals surface area contributed by atoms with Crippen LogP contribution in [-0.2, 0) is 7.05 Å². The van der Waals surface area contributed by atoms with Crippen LogP contribution in [0.15, 0.2) is 30.9 Å². The van der Waals surface area contributed by atoms with Gasteiger partial charge in [-0.1, -0.05) is 0 Å². The van der Waals surface area contributed by atoms with Gasteiger partial charge >= 0.3 is 0 Å². The van der Waals surface area contributed by atoms with E-state index in [0.29, 0.717) is 18.1 Å². The molecule has 0 aliphatic rings. The Balaban J connectivity index is 1.83. The summed E-state index contributed by atoms with van der Waals surface area (Å²) < 4.78 is 13.1. The van der Waals surface area contributed by atoms with E-state index in [-0.39, 0.29) is 23.5 Å². The molecular formula is C20H24N8O2. The quantitative estimate of drug-likeness (QED) is 0.599. The smallest absolute Gasteiger partial charge is 0.236 e. The van der Waals surface area contributed by atoms with Gasteiger partial charge in [0.25, 0.3) is 0 Å². The number of rotatable bonds is 8. The molecule has 3 aromatic rings. The van der Waals surface area contributed by atoms with E-state index in [1.807, 2.05) is 39.2 Å². The van der Waals surface area contributed by atoms with E-state index in [1.54, 1.807) is 30.3 Å². The highest BCUT2D eigenvalue weighted by molar-refractivity contribution is 5.71. The fraction of sp³-hybridized carbons (Fsp3) is 0.350. The van der Waals surface area contributed by atoms with Gasteiger partial charge in [0.1, 0.15) is 29.3 Å². The van der Waals surface area contributed by atoms with Crippen molar-refractivity contribution >= 4 is 11.8 Å². The molecule has 0 saturated carbocycles. The van der Waals surface area contributed by atoms with E-state index in [1.165, 1.54) is 6.20 Å². The Bertz CT molecular complexity index is 1060. The third-order valence-corrected chi connectivity index (χ3v) is 4.15. The molecule has 0 radical (unpaired) electrons. The van der Waals surface area contributed by atoms with Crippen LogP contribution in [0.2, 0.25) is 0 Å². The third-order valence-electron chi connectivity index (χ3n) is 4.15. The van der Waals surface area contributed by atoms with Gasteiger partial charge in [-0.25, -0.2) is 9.97 Å². The zero-order chi connectivity index (χ0) is 21.7. The Morgan fingerprint density at radius 3 is 2.70 bits per heavy atom. The highest BCUT2D eigenvalue weighted by atomic mass is 16.5. The second-order valence-corrected chi connectivity index (χ2v) is 7.01. The molecular weight excluding hydrogens is 384 g/mol. The first kappa shape index (κ1) is 21.0. The Morgan fingerprint density at radius 1 is 1.27 bits per heavy atom. The van der Waals surface area contributed by atoms with Gasteiger partial charge in [-0.15, -0.1) is 0 Å². The summed E-state index contributed by atoms with van der Waals surface area (Å²) in [6.45, 7) is 2.60. The number of hydrogen-bond acceptors (Lipinski definition) is 9. The minimum atomic E-state index is -0.146. The lowest BCUT2D eigenvalue weighted by Gasteiger charge is -2.18. The molecule has 0 spiro atoms. The van der Waals surface area contributed by atoms with Crippen LogP contribution in [0.25, 0.3) is 11.1 Å². The number of ether oxygens (including phenoxy) is 2. The SMILES string of the molecule is COc1cc(Nc2ncc(C#N)c(O[C@H](C)CN(C)C)n2)ncc1-c1cnn(C)c1. The summed E-state index contributed by atoms with van der Waals surface area (Å²) in [5.41, 5.74) is 1.98. The van der Waals surface area contributed by atoms with Gasteiger partial charge in [0.15, 0.2) is 0 Å². The van der Waals surface area contributed by atoms with Crippen molar-refractivity contribution in [2.75, 3.05) is 33.1 Å². The molecule has 0 aromatic carbocycles. The fourth-order valence-electron chi connectivity index (χ4n) is 2.90. The summed E-state index contributed by atoms with van der Waals surface area (Å²) in [5, 5.41) is 16.5. The van der Waals surface area contributed by atoms with Gasteiger partial charge in [-0.05, 0) is 21.0 Å². The average molecular weight is 408 g/mol. The summed E-state index contributed by atoms with van der Waals surface area (Å²) in [6.07, 6.45) is 6.60. The lowest BCUT2D eigenvalue weighted by atomic mass is 10.1. The van der Waals surface area contributed by atoms with Crippen molar-refractivity contribution in [3.8, 4) is 28.8 Å². The lowest BCUT2D eigenvalue weighted by Crippen LogP contribution is -2.28. The summed E-state index contributed by atoms with van der Waals surface area (Å²) >= 11 is 0. The number of nitrogens with one attached hydrogen (secondary N) is 1. The normalized spacial score (nSPS) is 11.8. The molecule has 0 saturated heterocycles. The molecule has 0 aliphatic carbocycles. The Kier molecular flexibility index (Phi) is 6.44. The number of aromatic nitrogens is 5. The molecule has 1 N–H and O–H groups in total. The highest BCUT2D eigenvalue weighted by Gasteiger charge is 2.15. The van der Waals surface area contributed by atoms with Gasteiger partial charge in [0, 0.05) is 43.2 Å². The summed E-state index contributed by atoms with van der Waals surface area (Å²) in [4.78, 5) is 14.9. The second kappa shape index (κ2) is 9.19. The second-order valence-electron chi connectivity index (χ2n) is 7.01. The molecule has 0 aliphatic heterocycles. The van der Waals surface area contributed by atoms with Crippen molar-refractivity contribution in [1.29, 1.82) is 5.26 Å². The highest BCUT2D eigenvalue weighted by Crippen LogP contribution is 2.31. The van der Waals surface area contributed by atoms with Gasteiger partial charge in [0.05, 0.1) is 19.5 Å². The molecule has 0 amide bonds. The first-order chi connectivity index (χ1) is 14.4. The van der Waals surface area contributed by atoms with E-state index in [9.17, 15) is 5.26 Å². The molecule has 156 valence electrons. The van der Waals surface area contributed by atoms with Crippen molar-refractivity contribution < 1.29 is 9.47 Å². The number of nitriles is 1. The number of likely N-dealkylation sites (N-methyl/N-ethyl adjacent to an activating group) is 1. The number of nitrogens with zero attached hydrogens (tertiary/aromatic N) is 7. The zero-order valence-electron chi connectivity index (χ0n) is 17.6. The maximum absolute atomic E-state index is 9.33. The predicted octanol–water partition coefficient (Wildman–Crippen LogP) is 2.22. The summed E-state index contributed by atoms with van der Waals surface area (Å²) in [6, 6.07) is 3.81. The standard InChI is InChI=1S/C20H24N8O2/c1-13(11-27(2)3)30-19-14(7-21)8-23-20(26-19)25-18-6-17(29-5)16(10-22-18)15-9-24-28(4)12-15/h6,8-10,12-13H,11H2,1-5H3,(H,22,23,25,26)/t13-/m1/s1. The van der Waals surface area contributed by atoms with Gasteiger partial charge < -0.3 is 19.7 Å². The van der Waals surface area contributed by atoms with Crippen LogP contribution in [0, 0.1) is 11.3 Å². The molecule has 0 unspecified atom stereocenters. The third kappa shape index (κ3) is 5.01. The van der Waals surface area contributed by atoms with Crippen molar-refractivity contribution in [2.24, 2.45) is 7.05 Å². The van der Waals surface area contributed by atoms with Crippen LogP contribution in [0.3, 0.4) is 0 Å². The maximum atomic E-state index is 9.33. The van der Waals surface area contributed by atoms with Crippen molar-refractivity contribution in [1.82, 2.24) is 29.6 Å². The van der Waals surface area contributed by atoms with E-state index in [0.717, 1.165) is 11.1 Å². The molecule has 0 bridgehead atoms. The number of aryl methyl sites for hydroxylation is 1. The first-order valence-corrected chi connectivity index (χ1v) is 9.28. The fourth-order valence-corrected chi connectivity index (χ4v) is 2.90. The predicted molar refractivity (Wildman–Crippen MR) is 112 cm³/mol. The van der Waals surface area contributed by atoms with Crippen LogP contribution < -0.4 is 14.8 Å². The topological polar surface area (TPSA) is 114 Å². The molecule has 1 atom stereocenters. The number of hydrogen-bond donors (Lipinski definition) is 1. The van der Waals surface area contributed by atoms with Gasteiger partial charge in [-0.2, -0.15) is 15.3 Å². The Hall–Kier alpha value is -3.71. The molecule has 3 heterocycles. The minimum absolute atomic E-state index is 0.146. The molecule has 3 aromatic heterocycles. The summed E-state index contributed by atoms with van der Waals surface area (Å²) in [5.74, 6) is 1.62. The van der Waals surface area contributed by atoms with Crippen LogP contribution in [-0.4, -0.2) is 63.5 Å². The molecule has 0 fully saturated rings. The van der Waals surface area contributed by atoms with Crippen LogP contribution in [0.1, 0.15) is 12.5 Å². The number of anilines is 2. The van der Waals surface area contributed by atoms with Crippen LogP contribution in [0.4, 0.5) is 11.8 Å². The van der Waals surface area contributed by atoms with E-state index in [4.69, 9.17) is 9.47 Å². The maximum Gasteiger partial charge on any atom is 0.236 e. The molecule has 30 heavy (non-hydrogen) atoms. The Morgan fingerprint density at radius 2 is 2.07 bits per heavy atom. The monoisotopic (exact) mass is 408 g/mol. The number of methoxy groups -OCH3 is 1. The number of pyridine rings is 1. The van der Waals surface area contributed by atoms with E-state index in [2.05, 4.69) is 31.4 Å². The van der Waals surface area contributed by atoms with Crippen LogP contribution in [0.5, 0.6) is 11.6 Å².